The van der Waals surface area contributed by atoms with Crippen LogP contribution in [0.2, 0.25) is 0 Å². The summed E-state index contributed by atoms with van der Waals surface area (Å²) in [6.07, 6.45) is 4.93. The van der Waals surface area contributed by atoms with Crippen molar-refractivity contribution in [2.75, 3.05) is 31.2 Å². The summed E-state index contributed by atoms with van der Waals surface area (Å²) in [7, 11) is 0. The fourth-order valence-corrected chi connectivity index (χ4v) is 5.55. The minimum atomic E-state index is -1.88. The van der Waals surface area contributed by atoms with E-state index >= 15 is 0 Å². The number of aryl methyl sites for hydroxylation is 1. The molecule has 0 radical (unpaired) electrons. The summed E-state index contributed by atoms with van der Waals surface area (Å²) in [5.41, 5.74) is 4.55. The van der Waals surface area contributed by atoms with E-state index in [0.29, 0.717) is 19.0 Å². The van der Waals surface area contributed by atoms with Gasteiger partial charge in [0, 0.05) is 30.4 Å². The predicted molar refractivity (Wildman–Crippen MR) is 126 cm³/mol. The molecule has 1 aromatic carbocycles. The number of hydrogen-bond acceptors (Lipinski definition) is 8. The fourth-order valence-electron chi connectivity index (χ4n) is 3.83. The molecule has 1 aliphatic heterocycles. The Morgan fingerprint density at radius 1 is 1.16 bits per heavy atom. The fraction of sp³-hybridized carbons (Fsp3) is 0.273. The van der Waals surface area contributed by atoms with Crippen molar-refractivity contribution in [3.05, 3.63) is 54.1 Å². The van der Waals surface area contributed by atoms with Crippen LogP contribution < -0.4 is 4.90 Å². The molecule has 0 aliphatic carbocycles. The molecule has 1 unspecified atom stereocenters. The highest BCUT2D eigenvalue weighted by Crippen LogP contribution is 2.42. The maximum Gasteiger partial charge on any atom is 0.165 e. The maximum atomic E-state index is 11.3. The molecule has 0 saturated carbocycles. The molecule has 4 heterocycles. The Labute approximate surface area is 191 Å². The second-order valence-electron chi connectivity index (χ2n) is 7.50. The van der Waals surface area contributed by atoms with Crippen LogP contribution in [0.5, 0.6) is 0 Å². The van der Waals surface area contributed by atoms with Crippen LogP contribution in [0.3, 0.4) is 0 Å². The van der Waals surface area contributed by atoms with Gasteiger partial charge in [-0.15, -0.1) is 11.3 Å². The quantitative estimate of drug-likeness (QED) is 0.444. The number of morpholine rings is 1. The third-order valence-corrected chi connectivity index (χ3v) is 7.26. The number of aromatic nitrogens is 4. The standard InChI is InChI=1S/C22H21N5O3S2/c1-14-18-20(31-19(14)16-4-2-3-15(9-16)12-32(28)29)22(27-5-7-30-8-6-27)26-21(25-18)17-10-23-13-24-11-17/h2-4,9-11,13H,5-8,12H2,1H3,(H,28,29). The zero-order valence-corrected chi connectivity index (χ0v) is 19.0. The molecular formula is C22H21N5O3S2. The molecule has 4 aromatic rings. The molecule has 1 fully saturated rings. The second-order valence-corrected chi connectivity index (χ2v) is 9.45. The Kier molecular flexibility index (Phi) is 5.92. The number of thiophene rings is 1. The lowest BCUT2D eigenvalue weighted by atomic mass is 10.1. The number of benzene rings is 1. The molecule has 8 nitrogen and oxygen atoms in total. The number of ether oxygens (including phenoxy) is 1. The predicted octanol–water partition coefficient (Wildman–Crippen LogP) is 3.68. The molecule has 5 rings (SSSR count). The average molecular weight is 468 g/mol. The van der Waals surface area contributed by atoms with Crippen molar-refractivity contribution in [3.8, 4) is 21.8 Å². The molecule has 1 aliphatic rings. The summed E-state index contributed by atoms with van der Waals surface area (Å²) in [5.74, 6) is 1.59. The van der Waals surface area contributed by atoms with E-state index in [1.165, 1.54) is 6.33 Å². The molecule has 1 N–H and O–H groups in total. The Morgan fingerprint density at radius 3 is 2.69 bits per heavy atom. The first kappa shape index (κ1) is 21.1. The molecule has 164 valence electrons. The van der Waals surface area contributed by atoms with E-state index in [1.54, 1.807) is 23.7 Å². The van der Waals surface area contributed by atoms with Crippen LogP contribution in [0.15, 0.2) is 43.0 Å². The van der Waals surface area contributed by atoms with Crippen LogP contribution in [-0.4, -0.2) is 55.0 Å². The topological polar surface area (TPSA) is 101 Å². The smallest absolute Gasteiger partial charge is 0.165 e. The van der Waals surface area contributed by atoms with Gasteiger partial charge in [0.15, 0.2) is 22.7 Å². The van der Waals surface area contributed by atoms with Gasteiger partial charge in [0.2, 0.25) is 0 Å². The summed E-state index contributed by atoms with van der Waals surface area (Å²) in [6, 6.07) is 7.78. The van der Waals surface area contributed by atoms with Gasteiger partial charge < -0.3 is 14.2 Å². The van der Waals surface area contributed by atoms with Gasteiger partial charge in [-0.25, -0.2) is 24.1 Å². The highest BCUT2D eigenvalue weighted by Gasteiger charge is 2.23. The van der Waals surface area contributed by atoms with Gasteiger partial charge in [-0.3, -0.25) is 0 Å². The average Bonchev–Trinajstić information content (AvgIpc) is 3.16. The van der Waals surface area contributed by atoms with E-state index in [1.807, 2.05) is 24.3 Å². The van der Waals surface area contributed by atoms with Crippen molar-refractivity contribution in [2.24, 2.45) is 0 Å². The van der Waals surface area contributed by atoms with Crippen LogP contribution >= 0.6 is 11.3 Å². The van der Waals surface area contributed by atoms with E-state index in [2.05, 4.69) is 21.8 Å². The third-order valence-electron chi connectivity index (χ3n) is 5.36. The van der Waals surface area contributed by atoms with Crippen LogP contribution in [0, 0.1) is 6.92 Å². The monoisotopic (exact) mass is 467 g/mol. The van der Waals surface area contributed by atoms with Crippen molar-refractivity contribution >= 4 is 38.5 Å². The van der Waals surface area contributed by atoms with Gasteiger partial charge in [0.05, 0.1) is 34.7 Å². The largest absolute Gasteiger partial charge is 0.378 e. The molecule has 10 heteroatoms. The molecule has 0 spiro atoms. The normalized spacial score (nSPS) is 15.2. The van der Waals surface area contributed by atoms with Gasteiger partial charge in [-0.2, -0.15) is 0 Å². The lowest BCUT2D eigenvalue weighted by molar-refractivity contribution is 0.122. The van der Waals surface area contributed by atoms with Crippen LogP contribution in [-0.2, 0) is 21.6 Å². The first-order chi connectivity index (χ1) is 15.6. The lowest BCUT2D eigenvalue weighted by Gasteiger charge is -2.28. The second kappa shape index (κ2) is 8.99. The number of hydrogen-bond donors (Lipinski definition) is 1. The van der Waals surface area contributed by atoms with E-state index < -0.39 is 11.1 Å². The summed E-state index contributed by atoms with van der Waals surface area (Å²) < 4.78 is 27.1. The van der Waals surface area contributed by atoms with Gasteiger partial charge in [-0.1, -0.05) is 18.2 Å². The molecule has 32 heavy (non-hydrogen) atoms. The van der Waals surface area contributed by atoms with E-state index in [9.17, 15) is 8.76 Å². The number of rotatable bonds is 5. The zero-order valence-electron chi connectivity index (χ0n) is 17.4. The summed E-state index contributed by atoms with van der Waals surface area (Å²) in [5, 5.41) is 0. The summed E-state index contributed by atoms with van der Waals surface area (Å²) in [4.78, 5) is 21.4. The van der Waals surface area contributed by atoms with Crippen molar-refractivity contribution in [3.63, 3.8) is 0 Å². The minimum Gasteiger partial charge on any atom is -0.378 e. The minimum absolute atomic E-state index is 0.106. The third kappa shape index (κ3) is 4.14. The molecule has 3 aromatic heterocycles. The Hall–Kier alpha value is -2.79. The SMILES string of the molecule is Cc1c(-c2cccc(CS(=O)O)c2)sc2c(N3CCOCC3)nc(-c3cncnc3)nc12. The number of anilines is 1. The van der Waals surface area contributed by atoms with Gasteiger partial charge >= 0.3 is 0 Å². The van der Waals surface area contributed by atoms with Crippen molar-refractivity contribution in [2.45, 2.75) is 12.7 Å². The lowest BCUT2D eigenvalue weighted by Crippen LogP contribution is -2.36. The van der Waals surface area contributed by atoms with E-state index in [0.717, 1.165) is 56.3 Å². The number of fused-ring (bicyclic) bond motifs is 1. The van der Waals surface area contributed by atoms with E-state index in [4.69, 9.17) is 14.7 Å². The summed E-state index contributed by atoms with van der Waals surface area (Å²) >= 11 is -0.230. The first-order valence-electron chi connectivity index (χ1n) is 10.2. The Balaban J connectivity index is 1.69. The molecule has 1 saturated heterocycles. The highest BCUT2D eigenvalue weighted by molar-refractivity contribution is 7.78. The number of nitrogens with zero attached hydrogens (tertiary/aromatic N) is 5. The molecule has 0 bridgehead atoms. The Bertz CT molecular complexity index is 1290. The van der Waals surface area contributed by atoms with Crippen LogP contribution in [0.1, 0.15) is 11.1 Å². The first-order valence-corrected chi connectivity index (χ1v) is 12.3. The Morgan fingerprint density at radius 2 is 1.94 bits per heavy atom. The van der Waals surface area contributed by atoms with Gasteiger partial charge in [0.1, 0.15) is 6.33 Å². The molecule has 1 atom stereocenters. The molecular weight excluding hydrogens is 446 g/mol. The highest BCUT2D eigenvalue weighted by atomic mass is 32.2. The van der Waals surface area contributed by atoms with E-state index in [-0.39, 0.29) is 5.75 Å². The van der Waals surface area contributed by atoms with Crippen LogP contribution in [0.4, 0.5) is 5.82 Å². The maximum absolute atomic E-state index is 11.3. The van der Waals surface area contributed by atoms with Gasteiger partial charge in [0.25, 0.3) is 0 Å². The van der Waals surface area contributed by atoms with Crippen LogP contribution in [0.25, 0.3) is 32.0 Å². The molecule has 0 amide bonds. The van der Waals surface area contributed by atoms with Gasteiger partial charge in [-0.05, 0) is 29.7 Å². The van der Waals surface area contributed by atoms with Crippen molar-refractivity contribution < 1.29 is 13.5 Å². The van der Waals surface area contributed by atoms with Crippen molar-refractivity contribution in [1.82, 2.24) is 19.9 Å². The zero-order chi connectivity index (χ0) is 22.1. The summed E-state index contributed by atoms with van der Waals surface area (Å²) in [6.45, 7) is 4.91. The van der Waals surface area contributed by atoms with Crippen molar-refractivity contribution in [1.29, 1.82) is 0 Å².